The van der Waals surface area contributed by atoms with E-state index in [1.807, 2.05) is 73.6 Å². The molecule has 0 atom stereocenters. The number of anilines is 2. The molecule has 0 fully saturated rings. The molecule has 0 radical (unpaired) electrons. The number of hydrogen-bond acceptors (Lipinski definition) is 5. The maximum atomic E-state index is 13.0. The van der Waals surface area contributed by atoms with Crippen molar-refractivity contribution < 1.29 is 14.3 Å². The molecule has 1 aliphatic rings. The van der Waals surface area contributed by atoms with Crippen molar-refractivity contribution in [3.8, 4) is 0 Å². The lowest BCUT2D eigenvalue weighted by atomic mass is 10.00. The van der Waals surface area contributed by atoms with Crippen LogP contribution in [0.25, 0.3) is 16.8 Å². The van der Waals surface area contributed by atoms with Crippen LogP contribution in [0.2, 0.25) is 0 Å². The summed E-state index contributed by atoms with van der Waals surface area (Å²) in [5.74, 6) is -0.372. The van der Waals surface area contributed by atoms with E-state index in [1.54, 1.807) is 18.2 Å². The summed E-state index contributed by atoms with van der Waals surface area (Å²) in [6.45, 7) is 0.279. The summed E-state index contributed by atoms with van der Waals surface area (Å²) in [7, 11) is 3.97. The van der Waals surface area contributed by atoms with E-state index in [4.69, 9.17) is 4.74 Å². The third-order valence-electron chi connectivity index (χ3n) is 4.72. The lowest BCUT2D eigenvalue weighted by Gasteiger charge is -2.17. The van der Waals surface area contributed by atoms with Crippen LogP contribution in [0.5, 0.6) is 0 Å². The molecule has 0 spiro atoms. The number of rotatable bonds is 4. The number of fused-ring (bicyclic) bond motifs is 1. The average molecular weight is 385 g/mol. The van der Waals surface area contributed by atoms with Crippen LogP contribution in [0.15, 0.2) is 77.4 Å². The van der Waals surface area contributed by atoms with Gasteiger partial charge in [0.1, 0.15) is 5.57 Å². The second kappa shape index (κ2) is 7.59. The first-order valence-corrected chi connectivity index (χ1v) is 9.09. The zero-order valence-corrected chi connectivity index (χ0v) is 16.1. The highest BCUT2D eigenvalue weighted by atomic mass is 16.5. The van der Waals surface area contributed by atoms with Crippen molar-refractivity contribution >= 4 is 46.5 Å². The Kier molecular flexibility index (Phi) is 4.83. The third kappa shape index (κ3) is 3.36. The monoisotopic (exact) mass is 385 g/mol. The summed E-state index contributed by atoms with van der Waals surface area (Å²) in [6, 6.07) is 20.9. The first-order valence-electron chi connectivity index (χ1n) is 9.09. The van der Waals surface area contributed by atoms with E-state index in [-0.39, 0.29) is 23.9 Å². The van der Waals surface area contributed by atoms with Crippen LogP contribution in [0.1, 0.15) is 5.56 Å². The molecule has 1 aliphatic heterocycles. The number of nitrogens with zero attached hydrogens (tertiary/aromatic N) is 3. The number of hydrogen-bond donors (Lipinski definition) is 0. The van der Waals surface area contributed by atoms with E-state index in [9.17, 15) is 9.59 Å². The first-order chi connectivity index (χ1) is 14.1. The molecule has 0 bridgehead atoms. The molecule has 4 rings (SSSR count). The Morgan fingerprint density at radius 1 is 0.931 bits per heavy atom. The van der Waals surface area contributed by atoms with Gasteiger partial charge in [0, 0.05) is 25.2 Å². The average Bonchev–Trinajstić information content (AvgIpc) is 3.04. The Bertz CT molecular complexity index is 1150. The largest absolute Gasteiger partial charge is 0.407 e. The van der Waals surface area contributed by atoms with Gasteiger partial charge in [-0.3, -0.25) is 9.59 Å². The molecule has 144 valence electrons. The minimum absolute atomic E-state index is 0.0189. The van der Waals surface area contributed by atoms with Crippen LogP contribution in [0, 0.1) is 0 Å². The van der Waals surface area contributed by atoms with Gasteiger partial charge in [-0.1, -0.05) is 48.5 Å². The standard InChI is InChI=1S/C23H19N3O3/c1-25(2)21-13-12-16(18-10-6-7-11-19(18)21)14-20-22(29-15-27)24-26(23(20)28)17-8-4-3-5-9-17/h3-15H,1-2H3/b20-14-. The first kappa shape index (κ1) is 18.4. The van der Waals surface area contributed by atoms with Gasteiger partial charge in [0.25, 0.3) is 18.3 Å². The normalized spacial score (nSPS) is 15.0. The van der Waals surface area contributed by atoms with Crippen molar-refractivity contribution in [3.05, 3.63) is 77.9 Å². The fourth-order valence-corrected chi connectivity index (χ4v) is 3.37. The van der Waals surface area contributed by atoms with E-state index >= 15 is 0 Å². The summed E-state index contributed by atoms with van der Waals surface area (Å²) >= 11 is 0. The molecular formula is C23H19N3O3. The molecule has 1 amide bonds. The maximum Gasteiger partial charge on any atom is 0.299 e. The van der Waals surface area contributed by atoms with Crippen LogP contribution < -0.4 is 9.91 Å². The zero-order chi connectivity index (χ0) is 20.4. The molecule has 6 nitrogen and oxygen atoms in total. The molecule has 1 heterocycles. The third-order valence-corrected chi connectivity index (χ3v) is 4.72. The quantitative estimate of drug-likeness (QED) is 0.506. The van der Waals surface area contributed by atoms with Crippen LogP contribution in [0.3, 0.4) is 0 Å². The Balaban J connectivity index is 1.83. The zero-order valence-electron chi connectivity index (χ0n) is 16.1. The minimum atomic E-state index is -0.353. The van der Waals surface area contributed by atoms with Crippen LogP contribution in [0.4, 0.5) is 11.4 Å². The number of ether oxygens (including phenoxy) is 1. The molecule has 0 unspecified atom stereocenters. The van der Waals surface area contributed by atoms with E-state index in [2.05, 4.69) is 5.10 Å². The maximum absolute atomic E-state index is 13.0. The molecular weight excluding hydrogens is 366 g/mol. The van der Waals surface area contributed by atoms with Gasteiger partial charge in [-0.15, -0.1) is 5.10 Å². The van der Waals surface area contributed by atoms with Crippen molar-refractivity contribution in [1.29, 1.82) is 0 Å². The molecule has 0 aliphatic carbocycles. The van der Waals surface area contributed by atoms with Crippen molar-refractivity contribution in [3.63, 3.8) is 0 Å². The van der Waals surface area contributed by atoms with Gasteiger partial charge in [-0.25, -0.2) is 0 Å². The molecule has 0 saturated carbocycles. The number of carbonyl (C=O) groups is 2. The van der Waals surface area contributed by atoms with E-state index < -0.39 is 0 Å². The van der Waals surface area contributed by atoms with Crippen LogP contribution in [-0.4, -0.2) is 32.4 Å². The Morgan fingerprint density at radius 3 is 2.31 bits per heavy atom. The Hall–Kier alpha value is -3.93. The Labute approximate surface area is 168 Å². The number of carbonyl (C=O) groups excluding carboxylic acids is 2. The fraction of sp³-hybridized carbons (Fsp3) is 0.0870. The van der Waals surface area contributed by atoms with Crippen molar-refractivity contribution in [2.24, 2.45) is 5.10 Å². The van der Waals surface area contributed by atoms with E-state index in [0.717, 1.165) is 22.0 Å². The highest BCUT2D eigenvalue weighted by Crippen LogP contribution is 2.31. The number of amides is 1. The molecule has 0 aromatic heterocycles. The summed E-state index contributed by atoms with van der Waals surface area (Å²) in [5, 5.41) is 7.49. The molecule has 3 aromatic carbocycles. The van der Waals surface area contributed by atoms with Gasteiger partial charge < -0.3 is 9.64 Å². The summed E-state index contributed by atoms with van der Waals surface area (Å²) in [5.41, 5.74) is 2.74. The van der Waals surface area contributed by atoms with Gasteiger partial charge in [0.05, 0.1) is 5.69 Å². The van der Waals surface area contributed by atoms with Gasteiger partial charge in [0.2, 0.25) is 0 Å². The topological polar surface area (TPSA) is 62.2 Å². The van der Waals surface area contributed by atoms with Crippen molar-refractivity contribution in [2.45, 2.75) is 0 Å². The highest BCUT2D eigenvalue weighted by molar-refractivity contribution is 6.31. The lowest BCUT2D eigenvalue weighted by molar-refractivity contribution is -0.121. The predicted molar refractivity (Wildman–Crippen MR) is 115 cm³/mol. The summed E-state index contributed by atoms with van der Waals surface area (Å²) in [6.07, 6.45) is 1.72. The van der Waals surface area contributed by atoms with Gasteiger partial charge >= 0.3 is 0 Å². The summed E-state index contributed by atoms with van der Waals surface area (Å²) < 4.78 is 5.01. The van der Waals surface area contributed by atoms with Gasteiger partial charge in [0.15, 0.2) is 0 Å². The van der Waals surface area contributed by atoms with Crippen LogP contribution >= 0.6 is 0 Å². The van der Waals surface area contributed by atoms with E-state index in [1.165, 1.54) is 5.01 Å². The van der Waals surface area contributed by atoms with E-state index in [0.29, 0.717) is 5.69 Å². The minimum Gasteiger partial charge on any atom is -0.407 e. The predicted octanol–water partition coefficient (Wildman–Crippen LogP) is 3.82. The smallest absolute Gasteiger partial charge is 0.299 e. The molecule has 0 N–H and O–H groups in total. The second-order valence-electron chi connectivity index (χ2n) is 6.74. The lowest BCUT2D eigenvalue weighted by Crippen LogP contribution is -2.21. The SMILES string of the molecule is CN(C)c1ccc(/C=C2\C(=O)N(c3ccccc3)N=C2OC=O)c2ccccc12. The van der Waals surface area contributed by atoms with Gasteiger partial charge in [-0.2, -0.15) is 5.01 Å². The van der Waals surface area contributed by atoms with Crippen LogP contribution in [-0.2, 0) is 14.3 Å². The van der Waals surface area contributed by atoms with Crippen molar-refractivity contribution in [2.75, 3.05) is 24.0 Å². The number of benzene rings is 3. The fourth-order valence-electron chi connectivity index (χ4n) is 3.37. The molecule has 3 aromatic rings. The molecule has 29 heavy (non-hydrogen) atoms. The molecule has 0 saturated heterocycles. The Morgan fingerprint density at radius 2 is 1.62 bits per heavy atom. The number of hydrazone groups is 1. The van der Waals surface area contributed by atoms with Gasteiger partial charge in [-0.05, 0) is 35.2 Å². The second-order valence-corrected chi connectivity index (χ2v) is 6.74. The van der Waals surface area contributed by atoms with Crippen molar-refractivity contribution in [1.82, 2.24) is 0 Å². The summed E-state index contributed by atoms with van der Waals surface area (Å²) in [4.78, 5) is 26.1. The number of para-hydroxylation sites is 1. The highest BCUT2D eigenvalue weighted by Gasteiger charge is 2.33. The molecule has 6 heteroatoms.